The number of amides is 2. The van der Waals surface area contributed by atoms with Gasteiger partial charge in [0.15, 0.2) is 0 Å². The molecule has 2 amide bonds. The smallest absolute Gasteiger partial charge is 0.251 e. The van der Waals surface area contributed by atoms with Crippen LogP contribution in [-0.2, 0) is 11.8 Å². The summed E-state index contributed by atoms with van der Waals surface area (Å²) in [7, 11) is 1.82. The van der Waals surface area contributed by atoms with Crippen LogP contribution in [0.3, 0.4) is 0 Å². The van der Waals surface area contributed by atoms with Crippen molar-refractivity contribution in [2.45, 2.75) is 20.8 Å². The van der Waals surface area contributed by atoms with Crippen molar-refractivity contribution in [3.63, 3.8) is 0 Å². The zero-order valence-corrected chi connectivity index (χ0v) is 17.9. The lowest BCUT2D eigenvalue weighted by Gasteiger charge is -2.08. The topological polar surface area (TPSA) is 93.8 Å². The van der Waals surface area contributed by atoms with Crippen molar-refractivity contribution >= 4 is 28.5 Å². The fourth-order valence-corrected chi connectivity index (χ4v) is 3.65. The Balaban J connectivity index is 1.48. The number of benzene rings is 2. The molecule has 2 heterocycles. The Bertz CT molecular complexity index is 1290. The molecule has 8 nitrogen and oxygen atoms in total. The van der Waals surface area contributed by atoms with E-state index in [1.165, 1.54) is 0 Å². The maximum atomic E-state index is 12.6. The van der Waals surface area contributed by atoms with Gasteiger partial charge in [0.25, 0.3) is 5.91 Å². The van der Waals surface area contributed by atoms with E-state index >= 15 is 0 Å². The summed E-state index contributed by atoms with van der Waals surface area (Å²) < 4.78 is 3.75. The number of fused-ring (bicyclic) bond motifs is 1. The van der Waals surface area contributed by atoms with Crippen LogP contribution in [0.25, 0.3) is 16.7 Å². The lowest BCUT2D eigenvalue weighted by molar-refractivity contribution is -0.115. The van der Waals surface area contributed by atoms with Gasteiger partial charge in [-0.3, -0.25) is 18.8 Å². The maximum absolute atomic E-state index is 12.6. The number of aryl methyl sites for hydroxylation is 3. The van der Waals surface area contributed by atoms with Crippen molar-refractivity contribution in [1.82, 2.24) is 24.6 Å². The number of anilines is 1. The molecular formula is C23H24N6O2. The molecule has 0 aliphatic rings. The number of carbonyl (C=O) groups excluding carboxylic acids is 2. The number of aromatic nitrogens is 4. The highest BCUT2D eigenvalue weighted by molar-refractivity contribution is 6.01. The summed E-state index contributed by atoms with van der Waals surface area (Å²) >= 11 is 0. The van der Waals surface area contributed by atoms with Crippen molar-refractivity contribution in [2.75, 3.05) is 11.9 Å². The second-order valence-electron chi connectivity index (χ2n) is 7.43. The van der Waals surface area contributed by atoms with E-state index in [-0.39, 0.29) is 18.4 Å². The molecule has 0 unspecified atom stereocenters. The molecule has 0 fully saturated rings. The molecular weight excluding hydrogens is 392 g/mol. The van der Waals surface area contributed by atoms with E-state index in [1.807, 2.05) is 68.8 Å². The standard InChI is InChI=1S/C23H24N6O2/c1-14-22(15(2)28(4)27-14)26-21(30)13-24-23(31)17-10-11-20-19(12-17)25-16(3)29(20)18-8-6-5-7-9-18/h5-12H,13H2,1-4H3,(H,24,31)(H,26,30). The minimum Gasteiger partial charge on any atom is -0.343 e. The lowest BCUT2D eigenvalue weighted by Crippen LogP contribution is -2.33. The van der Waals surface area contributed by atoms with Crippen molar-refractivity contribution in [3.8, 4) is 5.69 Å². The monoisotopic (exact) mass is 416 g/mol. The minimum absolute atomic E-state index is 0.137. The van der Waals surface area contributed by atoms with Crippen LogP contribution in [0.5, 0.6) is 0 Å². The predicted molar refractivity (Wildman–Crippen MR) is 119 cm³/mol. The van der Waals surface area contributed by atoms with Crippen LogP contribution in [0.1, 0.15) is 27.6 Å². The van der Waals surface area contributed by atoms with Crippen LogP contribution in [-0.4, -0.2) is 37.7 Å². The molecule has 2 aromatic carbocycles. The maximum Gasteiger partial charge on any atom is 0.251 e. The highest BCUT2D eigenvalue weighted by atomic mass is 16.2. The van der Waals surface area contributed by atoms with Crippen LogP contribution in [0, 0.1) is 20.8 Å². The minimum atomic E-state index is -0.330. The third-order valence-electron chi connectivity index (χ3n) is 5.28. The third kappa shape index (κ3) is 3.92. The number of carbonyl (C=O) groups is 2. The number of hydrogen-bond donors (Lipinski definition) is 2. The van der Waals surface area contributed by atoms with Gasteiger partial charge in [0.1, 0.15) is 5.82 Å². The summed E-state index contributed by atoms with van der Waals surface area (Å²) in [5, 5.41) is 9.75. The first kappa shape index (κ1) is 20.3. The predicted octanol–water partition coefficient (Wildman–Crippen LogP) is 3.05. The molecule has 0 bridgehead atoms. The largest absolute Gasteiger partial charge is 0.343 e. The molecule has 31 heavy (non-hydrogen) atoms. The van der Waals surface area contributed by atoms with Crippen LogP contribution < -0.4 is 10.6 Å². The van der Waals surface area contributed by atoms with E-state index in [4.69, 9.17) is 0 Å². The summed E-state index contributed by atoms with van der Waals surface area (Å²) in [5.74, 6) is 0.196. The zero-order valence-electron chi connectivity index (χ0n) is 17.9. The number of para-hydroxylation sites is 1. The number of imidazole rings is 1. The molecule has 8 heteroatoms. The van der Waals surface area contributed by atoms with Crippen LogP contribution in [0.2, 0.25) is 0 Å². The molecule has 4 aromatic rings. The van der Waals surface area contributed by atoms with Gasteiger partial charge in [-0.15, -0.1) is 0 Å². The molecule has 2 N–H and O–H groups in total. The quantitative estimate of drug-likeness (QED) is 0.523. The SMILES string of the molecule is Cc1nn(C)c(C)c1NC(=O)CNC(=O)c1ccc2c(c1)nc(C)n2-c1ccccc1. The summed E-state index contributed by atoms with van der Waals surface area (Å²) in [5.41, 5.74) is 5.36. The molecule has 0 aliphatic carbocycles. The van der Waals surface area contributed by atoms with E-state index in [9.17, 15) is 9.59 Å². The Morgan fingerprint density at radius 1 is 1.03 bits per heavy atom. The fraction of sp³-hybridized carbons (Fsp3) is 0.217. The van der Waals surface area contributed by atoms with E-state index in [0.717, 1.165) is 33.9 Å². The molecule has 0 atom stereocenters. The summed E-state index contributed by atoms with van der Waals surface area (Å²) in [6.07, 6.45) is 0. The summed E-state index contributed by atoms with van der Waals surface area (Å²) in [6.45, 7) is 5.49. The van der Waals surface area contributed by atoms with Crippen molar-refractivity contribution in [1.29, 1.82) is 0 Å². The van der Waals surface area contributed by atoms with Crippen molar-refractivity contribution in [3.05, 3.63) is 71.3 Å². The second-order valence-corrected chi connectivity index (χ2v) is 7.43. The lowest BCUT2D eigenvalue weighted by atomic mass is 10.2. The summed E-state index contributed by atoms with van der Waals surface area (Å²) in [6, 6.07) is 15.3. The normalized spacial score (nSPS) is 11.0. The number of rotatable bonds is 5. The Labute approximate surface area is 179 Å². The van der Waals surface area contributed by atoms with E-state index in [1.54, 1.807) is 16.8 Å². The molecule has 0 radical (unpaired) electrons. The van der Waals surface area contributed by atoms with Gasteiger partial charge in [0.2, 0.25) is 5.91 Å². The number of hydrogen-bond acceptors (Lipinski definition) is 4. The van der Waals surface area contributed by atoms with E-state index in [2.05, 4.69) is 20.7 Å². The summed E-state index contributed by atoms with van der Waals surface area (Å²) in [4.78, 5) is 29.5. The van der Waals surface area contributed by atoms with Gasteiger partial charge in [-0.2, -0.15) is 5.10 Å². The van der Waals surface area contributed by atoms with Crippen LogP contribution >= 0.6 is 0 Å². The highest BCUT2D eigenvalue weighted by Gasteiger charge is 2.15. The van der Waals surface area contributed by atoms with Gasteiger partial charge < -0.3 is 10.6 Å². The average molecular weight is 416 g/mol. The Kier molecular flexibility index (Phi) is 5.29. The first-order valence-electron chi connectivity index (χ1n) is 9.98. The zero-order chi connectivity index (χ0) is 22.1. The van der Waals surface area contributed by atoms with Gasteiger partial charge >= 0.3 is 0 Å². The third-order valence-corrected chi connectivity index (χ3v) is 5.28. The molecule has 0 spiro atoms. The number of nitrogens with zero attached hydrogens (tertiary/aromatic N) is 4. The molecule has 158 valence electrons. The van der Waals surface area contributed by atoms with Gasteiger partial charge in [0.05, 0.1) is 34.7 Å². The van der Waals surface area contributed by atoms with Crippen molar-refractivity contribution < 1.29 is 9.59 Å². The van der Waals surface area contributed by atoms with Crippen molar-refractivity contribution in [2.24, 2.45) is 7.05 Å². The second kappa shape index (κ2) is 8.06. The average Bonchev–Trinajstić information content (AvgIpc) is 3.21. The molecule has 0 aliphatic heterocycles. The van der Waals surface area contributed by atoms with Gasteiger partial charge in [-0.05, 0) is 51.1 Å². The van der Waals surface area contributed by atoms with Crippen LogP contribution in [0.15, 0.2) is 48.5 Å². The fourth-order valence-electron chi connectivity index (χ4n) is 3.65. The van der Waals surface area contributed by atoms with E-state index in [0.29, 0.717) is 11.3 Å². The van der Waals surface area contributed by atoms with Crippen LogP contribution in [0.4, 0.5) is 5.69 Å². The highest BCUT2D eigenvalue weighted by Crippen LogP contribution is 2.22. The molecule has 2 aromatic heterocycles. The van der Waals surface area contributed by atoms with Gasteiger partial charge in [-0.1, -0.05) is 18.2 Å². The van der Waals surface area contributed by atoms with E-state index < -0.39 is 0 Å². The Morgan fingerprint density at radius 2 is 1.77 bits per heavy atom. The number of nitrogens with one attached hydrogen (secondary N) is 2. The Hall–Kier alpha value is -3.94. The van der Waals surface area contributed by atoms with Gasteiger partial charge in [-0.25, -0.2) is 4.98 Å². The Morgan fingerprint density at radius 3 is 2.45 bits per heavy atom. The molecule has 0 saturated carbocycles. The first-order valence-corrected chi connectivity index (χ1v) is 9.98. The van der Waals surface area contributed by atoms with Gasteiger partial charge in [0, 0.05) is 18.3 Å². The molecule has 0 saturated heterocycles. The molecule has 4 rings (SSSR count). The first-order chi connectivity index (χ1) is 14.8.